The number of hydrogen-bond acceptors (Lipinski definition) is 4. The van der Waals surface area contributed by atoms with Gasteiger partial charge in [0.15, 0.2) is 5.82 Å². The first-order chi connectivity index (χ1) is 7.70. The molecule has 0 saturated carbocycles. The van der Waals surface area contributed by atoms with E-state index < -0.39 is 11.6 Å². The van der Waals surface area contributed by atoms with Gasteiger partial charge in [0, 0.05) is 24.3 Å². The summed E-state index contributed by atoms with van der Waals surface area (Å²) in [4.78, 5) is 19.3. The molecule has 80 valence electrons. The van der Waals surface area contributed by atoms with Gasteiger partial charge in [0.25, 0.3) is 0 Å². The van der Waals surface area contributed by atoms with Crippen LogP contribution in [0.15, 0.2) is 36.8 Å². The van der Waals surface area contributed by atoms with Crippen molar-refractivity contribution in [2.45, 2.75) is 0 Å². The molecule has 2 heterocycles. The molecule has 2 aromatic rings. The van der Waals surface area contributed by atoms with E-state index in [4.69, 9.17) is 5.73 Å². The topological polar surface area (TPSA) is 68.9 Å². The molecular weight excluding hydrogens is 209 g/mol. The van der Waals surface area contributed by atoms with Gasteiger partial charge in [0.1, 0.15) is 5.69 Å². The number of pyridine rings is 2. The Morgan fingerprint density at radius 1 is 1.31 bits per heavy atom. The first-order valence-electron chi connectivity index (χ1n) is 4.55. The maximum absolute atomic E-state index is 13.3. The highest BCUT2D eigenvalue weighted by molar-refractivity contribution is 6.10. The van der Waals surface area contributed by atoms with Crippen molar-refractivity contribution in [1.82, 2.24) is 9.97 Å². The van der Waals surface area contributed by atoms with Crippen molar-refractivity contribution in [3.63, 3.8) is 0 Å². The van der Waals surface area contributed by atoms with Crippen LogP contribution in [-0.4, -0.2) is 15.8 Å². The molecule has 2 N–H and O–H groups in total. The van der Waals surface area contributed by atoms with Crippen LogP contribution < -0.4 is 5.73 Å². The second kappa shape index (κ2) is 4.06. The molecule has 5 heteroatoms. The van der Waals surface area contributed by atoms with E-state index in [2.05, 4.69) is 9.97 Å². The van der Waals surface area contributed by atoms with Crippen LogP contribution in [0.5, 0.6) is 0 Å². The SMILES string of the molecule is Nc1ccncc1C(=O)c1ncccc1F. The van der Waals surface area contributed by atoms with Gasteiger partial charge in [0.05, 0.1) is 5.56 Å². The average Bonchev–Trinajstić information content (AvgIpc) is 2.29. The Balaban J connectivity index is 2.48. The van der Waals surface area contributed by atoms with Crippen LogP contribution in [0.3, 0.4) is 0 Å². The van der Waals surface area contributed by atoms with Gasteiger partial charge < -0.3 is 5.73 Å². The molecule has 0 aliphatic carbocycles. The van der Waals surface area contributed by atoms with Crippen molar-refractivity contribution in [2.75, 3.05) is 5.73 Å². The van der Waals surface area contributed by atoms with E-state index in [1.807, 2.05) is 0 Å². The van der Waals surface area contributed by atoms with Gasteiger partial charge in [-0.1, -0.05) is 0 Å². The molecule has 0 unspecified atom stereocenters. The third-order valence-electron chi connectivity index (χ3n) is 2.07. The number of halogens is 1. The average molecular weight is 217 g/mol. The molecule has 0 amide bonds. The van der Waals surface area contributed by atoms with Crippen molar-refractivity contribution in [3.8, 4) is 0 Å². The molecule has 0 aliphatic rings. The van der Waals surface area contributed by atoms with Crippen LogP contribution >= 0.6 is 0 Å². The first kappa shape index (κ1) is 10.2. The molecule has 0 spiro atoms. The predicted octanol–water partition coefficient (Wildman–Crippen LogP) is 1.43. The van der Waals surface area contributed by atoms with Crippen LogP contribution in [-0.2, 0) is 0 Å². The van der Waals surface area contributed by atoms with E-state index in [1.165, 1.54) is 36.8 Å². The quantitative estimate of drug-likeness (QED) is 0.772. The predicted molar refractivity (Wildman–Crippen MR) is 56.3 cm³/mol. The fourth-order valence-electron chi connectivity index (χ4n) is 1.28. The lowest BCUT2D eigenvalue weighted by molar-refractivity contribution is 0.103. The number of carbonyl (C=O) groups excluding carboxylic acids is 1. The van der Waals surface area contributed by atoms with E-state index in [9.17, 15) is 9.18 Å². The Hall–Kier alpha value is -2.30. The molecule has 0 radical (unpaired) electrons. The third-order valence-corrected chi connectivity index (χ3v) is 2.07. The Labute approximate surface area is 91.0 Å². The summed E-state index contributed by atoms with van der Waals surface area (Å²) in [5, 5.41) is 0. The normalized spacial score (nSPS) is 10.1. The lowest BCUT2D eigenvalue weighted by atomic mass is 10.1. The number of nitrogens with two attached hydrogens (primary N) is 1. The minimum Gasteiger partial charge on any atom is -0.398 e. The fraction of sp³-hybridized carbons (Fsp3) is 0. The third kappa shape index (κ3) is 1.75. The van der Waals surface area contributed by atoms with E-state index in [0.717, 1.165) is 0 Å². The molecule has 2 rings (SSSR count). The van der Waals surface area contributed by atoms with Gasteiger partial charge in [0.2, 0.25) is 5.78 Å². The Morgan fingerprint density at radius 3 is 2.81 bits per heavy atom. The van der Waals surface area contributed by atoms with Crippen LogP contribution in [0.25, 0.3) is 0 Å². The number of nitrogens with zero attached hydrogens (tertiary/aromatic N) is 2. The van der Waals surface area contributed by atoms with Crippen LogP contribution in [0, 0.1) is 5.82 Å². The number of anilines is 1. The van der Waals surface area contributed by atoms with Gasteiger partial charge in [-0.25, -0.2) is 9.37 Å². The highest BCUT2D eigenvalue weighted by Crippen LogP contribution is 2.15. The van der Waals surface area contributed by atoms with Crippen molar-refractivity contribution >= 4 is 11.5 Å². The molecule has 0 saturated heterocycles. The van der Waals surface area contributed by atoms with E-state index >= 15 is 0 Å². The smallest absolute Gasteiger partial charge is 0.217 e. The Kier molecular flexibility index (Phi) is 2.59. The van der Waals surface area contributed by atoms with Gasteiger partial charge >= 0.3 is 0 Å². The Bertz CT molecular complexity index is 495. The number of hydrogen-bond donors (Lipinski definition) is 1. The monoisotopic (exact) mass is 217 g/mol. The lowest BCUT2D eigenvalue weighted by Gasteiger charge is -2.03. The summed E-state index contributed by atoms with van der Waals surface area (Å²) < 4.78 is 13.3. The number of aromatic nitrogens is 2. The molecule has 0 fully saturated rings. The minimum absolute atomic E-state index is 0.153. The summed E-state index contributed by atoms with van der Waals surface area (Å²) in [6.45, 7) is 0. The maximum Gasteiger partial charge on any atom is 0.217 e. The van der Waals surface area contributed by atoms with Crippen molar-refractivity contribution in [1.29, 1.82) is 0 Å². The Morgan fingerprint density at radius 2 is 2.12 bits per heavy atom. The summed E-state index contributed by atoms with van der Waals surface area (Å²) in [7, 11) is 0. The van der Waals surface area contributed by atoms with Gasteiger partial charge in [-0.2, -0.15) is 0 Å². The summed E-state index contributed by atoms with van der Waals surface area (Å²) in [6, 6.07) is 4.07. The molecule has 16 heavy (non-hydrogen) atoms. The van der Waals surface area contributed by atoms with Gasteiger partial charge in [-0.3, -0.25) is 9.78 Å². The second-order valence-corrected chi connectivity index (χ2v) is 3.13. The number of rotatable bonds is 2. The van der Waals surface area contributed by atoms with Crippen LogP contribution in [0.1, 0.15) is 16.1 Å². The number of ketones is 1. The van der Waals surface area contributed by atoms with E-state index in [1.54, 1.807) is 0 Å². The molecule has 0 aliphatic heterocycles. The number of carbonyl (C=O) groups is 1. The zero-order chi connectivity index (χ0) is 11.5. The lowest BCUT2D eigenvalue weighted by Crippen LogP contribution is -2.09. The first-order valence-corrected chi connectivity index (χ1v) is 4.55. The molecule has 0 atom stereocenters. The minimum atomic E-state index is -0.671. The maximum atomic E-state index is 13.3. The zero-order valence-electron chi connectivity index (χ0n) is 8.22. The molecule has 2 aromatic heterocycles. The van der Waals surface area contributed by atoms with Crippen LogP contribution in [0.2, 0.25) is 0 Å². The van der Waals surface area contributed by atoms with E-state index in [-0.39, 0.29) is 16.9 Å². The van der Waals surface area contributed by atoms with Crippen molar-refractivity contribution in [2.24, 2.45) is 0 Å². The fourth-order valence-corrected chi connectivity index (χ4v) is 1.28. The van der Waals surface area contributed by atoms with Gasteiger partial charge in [-0.05, 0) is 18.2 Å². The molecular formula is C11H8FN3O. The summed E-state index contributed by atoms with van der Waals surface area (Å²) in [5.41, 5.74) is 5.76. The van der Waals surface area contributed by atoms with Crippen molar-refractivity contribution in [3.05, 3.63) is 53.9 Å². The second-order valence-electron chi connectivity index (χ2n) is 3.13. The summed E-state index contributed by atoms with van der Waals surface area (Å²) in [5.74, 6) is -1.24. The van der Waals surface area contributed by atoms with Crippen LogP contribution in [0.4, 0.5) is 10.1 Å². The van der Waals surface area contributed by atoms with E-state index in [0.29, 0.717) is 0 Å². The summed E-state index contributed by atoms with van der Waals surface area (Å²) in [6.07, 6.45) is 4.11. The van der Waals surface area contributed by atoms with Crippen molar-refractivity contribution < 1.29 is 9.18 Å². The standard InChI is InChI=1S/C11H8FN3O/c12-8-2-1-4-15-10(8)11(16)7-6-14-5-3-9(7)13/h1-6H,(H2,13,14). The largest absolute Gasteiger partial charge is 0.398 e. The highest BCUT2D eigenvalue weighted by atomic mass is 19.1. The number of nitrogen functional groups attached to an aromatic ring is 1. The molecule has 0 bridgehead atoms. The summed E-state index contributed by atoms with van der Waals surface area (Å²) >= 11 is 0. The highest BCUT2D eigenvalue weighted by Gasteiger charge is 2.17. The zero-order valence-corrected chi connectivity index (χ0v) is 8.22. The van der Waals surface area contributed by atoms with Gasteiger partial charge in [-0.15, -0.1) is 0 Å². The molecule has 4 nitrogen and oxygen atoms in total. The molecule has 0 aromatic carbocycles.